The largest absolute Gasteiger partial charge is 0.444 e. The van der Waals surface area contributed by atoms with Crippen molar-refractivity contribution in [1.82, 2.24) is 4.90 Å². The van der Waals surface area contributed by atoms with E-state index in [9.17, 15) is 14.4 Å². The molecule has 0 bridgehead atoms. The lowest BCUT2D eigenvalue weighted by Gasteiger charge is -2.41. The number of carbonyl (C=O) groups excluding carboxylic acids is 3. The van der Waals surface area contributed by atoms with Gasteiger partial charge in [-0.25, -0.2) is 4.79 Å². The van der Waals surface area contributed by atoms with E-state index in [0.29, 0.717) is 18.1 Å². The number of likely N-dealkylation sites (tertiary alicyclic amines) is 1. The lowest BCUT2D eigenvalue weighted by atomic mass is 9.92. The van der Waals surface area contributed by atoms with Crippen LogP contribution in [0.1, 0.15) is 47.5 Å². The highest BCUT2D eigenvalue weighted by molar-refractivity contribution is 8.13. The third kappa shape index (κ3) is 7.61. The zero-order chi connectivity index (χ0) is 17.6. The molecule has 5 nitrogen and oxygen atoms in total. The minimum Gasteiger partial charge on any atom is -0.444 e. The fourth-order valence-electron chi connectivity index (χ4n) is 2.53. The first kappa shape index (κ1) is 20.4. The van der Waals surface area contributed by atoms with Gasteiger partial charge in [0.25, 0.3) is 0 Å². The van der Waals surface area contributed by atoms with Crippen molar-refractivity contribution in [3.05, 3.63) is 0 Å². The molecule has 1 fully saturated rings. The average molecular weight is 362 g/mol. The summed E-state index contributed by atoms with van der Waals surface area (Å²) in [7, 11) is 0. The van der Waals surface area contributed by atoms with E-state index in [4.69, 9.17) is 4.74 Å². The minimum absolute atomic E-state index is 0.0395. The van der Waals surface area contributed by atoms with Gasteiger partial charge in [-0.15, -0.1) is 0 Å². The van der Waals surface area contributed by atoms with Crippen LogP contribution in [0.5, 0.6) is 0 Å². The van der Waals surface area contributed by atoms with Crippen molar-refractivity contribution in [3.8, 4) is 0 Å². The summed E-state index contributed by atoms with van der Waals surface area (Å²) in [5.74, 6) is 1.44. The van der Waals surface area contributed by atoms with Gasteiger partial charge in [0.15, 0.2) is 10.2 Å². The Bertz CT molecular complexity index is 448. The van der Waals surface area contributed by atoms with Crippen LogP contribution in [0.4, 0.5) is 4.79 Å². The van der Waals surface area contributed by atoms with Crippen LogP contribution in [0, 0.1) is 5.92 Å². The van der Waals surface area contributed by atoms with E-state index in [2.05, 4.69) is 0 Å². The Morgan fingerprint density at radius 2 is 1.65 bits per heavy atom. The molecule has 1 aliphatic rings. The molecule has 1 saturated heterocycles. The van der Waals surface area contributed by atoms with E-state index in [1.165, 1.54) is 30.4 Å². The van der Waals surface area contributed by atoms with Crippen LogP contribution in [0.25, 0.3) is 0 Å². The summed E-state index contributed by atoms with van der Waals surface area (Å²) in [6.45, 7) is 9.26. The molecule has 1 amide bonds. The second kappa shape index (κ2) is 8.97. The first-order chi connectivity index (χ1) is 10.6. The van der Waals surface area contributed by atoms with Crippen molar-refractivity contribution in [2.24, 2.45) is 5.92 Å². The summed E-state index contributed by atoms with van der Waals surface area (Å²) < 4.78 is 5.51. The zero-order valence-corrected chi connectivity index (χ0v) is 16.2. The number of rotatable bonds is 4. The van der Waals surface area contributed by atoms with Gasteiger partial charge >= 0.3 is 6.09 Å². The van der Waals surface area contributed by atoms with E-state index in [0.717, 1.165) is 12.8 Å². The highest BCUT2D eigenvalue weighted by Gasteiger charge is 2.36. The number of hydrogen-bond acceptors (Lipinski definition) is 6. The molecular weight excluding hydrogens is 334 g/mol. The first-order valence-corrected chi connectivity index (χ1v) is 9.83. The van der Waals surface area contributed by atoms with Gasteiger partial charge in [-0.2, -0.15) is 0 Å². The Morgan fingerprint density at radius 3 is 2.17 bits per heavy atom. The van der Waals surface area contributed by atoms with Gasteiger partial charge in [-0.05, 0) is 39.5 Å². The summed E-state index contributed by atoms with van der Waals surface area (Å²) in [4.78, 5) is 36.8. The van der Waals surface area contributed by atoms with Crippen molar-refractivity contribution < 1.29 is 19.1 Å². The molecular formula is C16H27NO4S2. The highest BCUT2D eigenvalue weighted by Crippen LogP contribution is 2.30. The van der Waals surface area contributed by atoms with Crippen LogP contribution in [-0.2, 0) is 14.3 Å². The van der Waals surface area contributed by atoms with Crippen LogP contribution in [0.3, 0.4) is 0 Å². The molecule has 2 atom stereocenters. The molecule has 0 aromatic carbocycles. The van der Waals surface area contributed by atoms with Gasteiger partial charge in [0.1, 0.15) is 5.60 Å². The van der Waals surface area contributed by atoms with Crippen molar-refractivity contribution in [2.45, 2.75) is 59.1 Å². The summed E-state index contributed by atoms with van der Waals surface area (Å²) in [5, 5.41) is 0.120. The maximum atomic E-state index is 12.5. The maximum absolute atomic E-state index is 12.5. The van der Waals surface area contributed by atoms with Crippen molar-refractivity contribution in [3.63, 3.8) is 0 Å². The van der Waals surface area contributed by atoms with Crippen LogP contribution >= 0.6 is 23.5 Å². The number of ether oxygens (including phenoxy) is 1. The third-order valence-corrected chi connectivity index (χ3v) is 5.42. The number of nitrogens with zero attached hydrogens (tertiary/aromatic N) is 1. The smallest absolute Gasteiger partial charge is 0.410 e. The van der Waals surface area contributed by atoms with E-state index in [1.807, 2.05) is 20.8 Å². The molecule has 1 rings (SSSR count). The predicted molar refractivity (Wildman–Crippen MR) is 95.7 cm³/mol. The molecule has 0 radical (unpaired) electrons. The van der Waals surface area contributed by atoms with E-state index >= 15 is 0 Å². The average Bonchev–Trinajstić information content (AvgIpc) is 2.40. The second-order valence-corrected chi connectivity index (χ2v) is 9.14. The SMILES string of the molecule is CC(=O)SC[C@@H]1CCCN(C(=O)OC(C)(C)C)[C@H]1CSC(C)=O. The van der Waals surface area contributed by atoms with Crippen molar-refractivity contribution in [1.29, 1.82) is 0 Å². The van der Waals surface area contributed by atoms with E-state index in [-0.39, 0.29) is 28.3 Å². The van der Waals surface area contributed by atoms with Crippen molar-refractivity contribution in [2.75, 3.05) is 18.1 Å². The molecule has 132 valence electrons. The van der Waals surface area contributed by atoms with Crippen LogP contribution in [0.15, 0.2) is 0 Å². The van der Waals surface area contributed by atoms with Gasteiger partial charge in [-0.3, -0.25) is 9.59 Å². The van der Waals surface area contributed by atoms with Crippen LogP contribution < -0.4 is 0 Å². The molecule has 0 N–H and O–H groups in total. The Labute approximate surface area is 147 Å². The Balaban J connectivity index is 2.84. The van der Waals surface area contributed by atoms with Gasteiger partial charge in [0.2, 0.25) is 0 Å². The van der Waals surface area contributed by atoms with Gasteiger partial charge < -0.3 is 9.64 Å². The van der Waals surface area contributed by atoms with Crippen LogP contribution in [0.2, 0.25) is 0 Å². The molecule has 0 aromatic rings. The van der Waals surface area contributed by atoms with Crippen molar-refractivity contribution >= 4 is 39.8 Å². The quantitative estimate of drug-likeness (QED) is 0.763. The molecule has 0 aliphatic carbocycles. The first-order valence-electron chi connectivity index (χ1n) is 7.86. The normalized spacial score (nSPS) is 21.9. The maximum Gasteiger partial charge on any atom is 0.410 e. The third-order valence-electron chi connectivity index (χ3n) is 3.50. The molecule has 0 spiro atoms. The highest BCUT2D eigenvalue weighted by atomic mass is 32.2. The monoisotopic (exact) mass is 361 g/mol. The lowest BCUT2D eigenvalue weighted by molar-refractivity contribution is -0.110. The molecule has 7 heteroatoms. The number of amides is 1. The van der Waals surface area contributed by atoms with Gasteiger partial charge in [0.05, 0.1) is 0 Å². The number of piperidine rings is 1. The lowest BCUT2D eigenvalue weighted by Crippen LogP contribution is -2.52. The second-order valence-electron chi connectivity index (χ2n) is 6.75. The molecule has 23 heavy (non-hydrogen) atoms. The molecule has 0 aromatic heterocycles. The topological polar surface area (TPSA) is 63.7 Å². The molecule has 0 saturated carbocycles. The number of hydrogen-bond donors (Lipinski definition) is 0. The van der Waals surface area contributed by atoms with Crippen LogP contribution in [-0.4, -0.2) is 50.9 Å². The molecule has 1 heterocycles. The minimum atomic E-state index is -0.545. The summed E-state index contributed by atoms with van der Waals surface area (Å²) >= 11 is 2.52. The Hall–Kier alpha value is -0.690. The zero-order valence-electron chi connectivity index (χ0n) is 14.6. The summed E-state index contributed by atoms with van der Waals surface area (Å²) in [6.07, 6.45) is 1.52. The summed E-state index contributed by atoms with van der Waals surface area (Å²) in [5.41, 5.74) is -0.545. The van der Waals surface area contributed by atoms with E-state index < -0.39 is 5.60 Å². The number of thioether (sulfide) groups is 2. The van der Waals surface area contributed by atoms with Gasteiger partial charge in [-0.1, -0.05) is 23.5 Å². The standard InChI is InChI=1S/C16H27NO4S2/c1-11(18)22-9-13-7-6-8-17(14(13)10-23-12(2)19)15(20)21-16(3,4)5/h13-14H,6-10H2,1-5H3/t13-,14-/m0/s1. The van der Waals surface area contributed by atoms with E-state index in [1.54, 1.807) is 11.8 Å². The summed E-state index contributed by atoms with van der Waals surface area (Å²) in [6, 6.07) is -0.0700. The van der Waals surface area contributed by atoms with Gasteiger partial charge in [0, 0.05) is 37.9 Å². The Kier molecular flexibility index (Phi) is 7.94. The molecule has 1 aliphatic heterocycles. The predicted octanol–water partition coefficient (Wildman–Crippen LogP) is 3.56. The fourth-order valence-corrected chi connectivity index (χ4v) is 4.23. The fraction of sp³-hybridized carbons (Fsp3) is 0.812. The number of carbonyl (C=O) groups is 3. The molecule has 0 unspecified atom stereocenters. The Morgan fingerprint density at radius 1 is 1.09 bits per heavy atom.